The van der Waals surface area contributed by atoms with E-state index >= 15 is 0 Å². The first-order valence-corrected chi connectivity index (χ1v) is 5.46. The molecule has 1 N–H and O–H groups in total. The fraction of sp³-hybridized carbons (Fsp3) is 0.455. The molecule has 0 saturated carbocycles. The Morgan fingerprint density at radius 3 is 2.47 bits per heavy atom. The first kappa shape index (κ1) is 14.3. The van der Waals surface area contributed by atoms with Crippen molar-refractivity contribution in [3.05, 3.63) is 34.6 Å². The maximum atomic E-state index is 12.7. The summed E-state index contributed by atoms with van der Waals surface area (Å²) in [5.74, 6) is -0.564. The van der Waals surface area contributed by atoms with Crippen molar-refractivity contribution in [3.8, 4) is 0 Å². The number of hydrogen-bond donors (Lipinski definition) is 1. The zero-order valence-corrected chi connectivity index (χ0v) is 9.87. The van der Waals surface area contributed by atoms with Crippen LogP contribution < -0.4 is 5.32 Å². The van der Waals surface area contributed by atoms with Gasteiger partial charge in [0, 0.05) is 5.02 Å². The summed E-state index contributed by atoms with van der Waals surface area (Å²) in [5, 5.41) is 2.35. The third-order valence-corrected chi connectivity index (χ3v) is 2.64. The summed E-state index contributed by atoms with van der Waals surface area (Å²) in [6, 6.07) is 1.71. The Morgan fingerprint density at radius 2 is 2.00 bits per heavy atom. The molecule has 0 heterocycles. The van der Waals surface area contributed by atoms with Crippen LogP contribution in [0.3, 0.4) is 0 Å². The summed E-state index contributed by atoms with van der Waals surface area (Å²) in [6.45, 7) is 1.79. The molecule has 96 valence electrons. The van der Waals surface area contributed by atoms with Gasteiger partial charge in [-0.25, -0.2) is 4.39 Å². The molecule has 1 nitrogen and oxygen atoms in total. The van der Waals surface area contributed by atoms with Crippen LogP contribution in [-0.2, 0) is 6.42 Å². The molecule has 17 heavy (non-hydrogen) atoms. The summed E-state index contributed by atoms with van der Waals surface area (Å²) in [4.78, 5) is 0. The number of hydrogen-bond acceptors (Lipinski definition) is 1. The number of alkyl halides is 3. The van der Waals surface area contributed by atoms with E-state index in [9.17, 15) is 17.6 Å². The molecule has 1 rings (SSSR count). The van der Waals surface area contributed by atoms with Crippen LogP contribution in [0.2, 0.25) is 5.02 Å². The summed E-state index contributed by atoms with van der Waals surface area (Å²) in [6.07, 6.45) is -4.66. The number of rotatable bonds is 4. The predicted molar refractivity (Wildman–Crippen MR) is 58.6 cm³/mol. The van der Waals surface area contributed by atoms with Gasteiger partial charge >= 0.3 is 6.18 Å². The van der Waals surface area contributed by atoms with Crippen molar-refractivity contribution in [1.29, 1.82) is 0 Å². The van der Waals surface area contributed by atoms with Gasteiger partial charge in [0.1, 0.15) is 11.9 Å². The van der Waals surface area contributed by atoms with Gasteiger partial charge in [0.15, 0.2) is 0 Å². The van der Waals surface area contributed by atoms with Crippen LogP contribution in [0.1, 0.15) is 12.5 Å². The van der Waals surface area contributed by atoms with Crippen molar-refractivity contribution in [1.82, 2.24) is 5.32 Å². The van der Waals surface area contributed by atoms with E-state index in [4.69, 9.17) is 11.6 Å². The highest BCUT2D eigenvalue weighted by Gasteiger charge is 2.39. The molecule has 0 aliphatic carbocycles. The lowest BCUT2D eigenvalue weighted by molar-refractivity contribution is -0.155. The molecule has 0 spiro atoms. The lowest BCUT2D eigenvalue weighted by Crippen LogP contribution is -2.43. The van der Waals surface area contributed by atoms with Gasteiger partial charge in [-0.05, 0) is 30.7 Å². The molecule has 0 bridgehead atoms. The van der Waals surface area contributed by atoms with E-state index in [0.29, 0.717) is 0 Å². The summed E-state index contributed by atoms with van der Waals surface area (Å²) in [7, 11) is 0. The normalized spacial score (nSPS) is 13.8. The van der Waals surface area contributed by atoms with E-state index in [-0.39, 0.29) is 23.6 Å². The molecular weight excluding hydrogens is 258 g/mol. The van der Waals surface area contributed by atoms with E-state index in [0.717, 1.165) is 12.1 Å². The van der Waals surface area contributed by atoms with Crippen molar-refractivity contribution >= 4 is 11.6 Å². The van der Waals surface area contributed by atoms with Crippen LogP contribution >= 0.6 is 11.6 Å². The second kappa shape index (κ2) is 5.69. The SMILES string of the molecule is CCNC(Cc1ccc(F)cc1Cl)C(F)(F)F. The Bertz CT molecular complexity index is 378. The van der Waals surface area contributed by atoms with E-state index in [1.54, 1.807) is 6.92 Å². The van der Waals surface area contributed by atoms with Crippen molar-refractivity contribution in [2.24, 2.45) is 0 Å². The number of benzene rings is 1. The van der Waals surface area contributed by atoms with Crippen LogP contribution in [0.15, 0.2) is 18.2 Å². The van der Waals surface area contributed by atoms with E-state index in [2.05, 4.69) is 5.32 Å². The Labute approximate surface area is 102 Å². The maximum absolute atomic E-state index is 12.7. The van der Waals surface area contributed by atoms with Crippen molar-refractivity contribution < 1.29 is 17.6 Å². The summed E-state index contributed by atoms with van der Waals surface area (Å²) >= 11 is 5.69. The minimum atomic E-state index is -4.35. The van der Waals surface area contributed by atoms with Crippen molar-refractivity contribution in [2.75, 3.05) is 6.54 Å². The van der Waals surface area contributed by atoms with E-state index < -0.39 is 18.0 Å². The Hall–Kier alpha value is -0.810. The minimum absolute atomic E-state index is 0.0113. The largest absolute Gasteiger partial charge is 0.404 e. The molecule has 1 aromatic rings. The quantitative estimate of drug-likeness (QED) is 0.824. The summed E-state index contributed by atoms with van der Waals surface area (Å²) in [5.41, 5.74) is 0.274. The van der Waals surface area contributed by atoms with Gasteiger partial charge in [-0.3, -0.25) is 0 Å². The number of likely N-dealkylation sites (N-methyl/N-ethyl adjacent to an activating group) is 1. The summed E-state index contributed by atoms with van der Waals surface area (Å²) < 4.78 is 50.6. The van der Waals surface area contributed by atoms with E-state index in [1.165, 1.54) is 6.07 Å². The predicted octanol–water partition coefficient (Wildman–Crippen LogP) is 3.56. The van der Waals surface area contributed by atoms with Crippen molar-refractivity contribution in [3.63, 3.8) is 0 Å². The van der Waals surface area contributed by atoms with Crippen LogP contribution in [0.5, 0.6) is 0 Å². The van der Waals surface area contributed by atoms with Crippen LogP contribution in [0.4, 0.5) is 17.6 Å². The van der Waals surface area contributed by atoms with Gasteiger partial charge in [-0.15, -0.1) is 0 Å². The van der Waals surface area contributed by atoms with Crippen LogP contribution in [0, 0.1) is 5.82 Å². The standard InChI is InChI=1S/C11H12ClF4N/c1-2-17-10(11(14,15)16)5-7-3-4-8(13)6-9(7)12/h3-4,6,10,17H,2,5H2,1H3. The lowest BCUT2D eigenvalue weighted by Gasteiger charge is -2.21. The Balaban J connectivity index is 2.86. The Morgan fingerprint density at radius 1 is 1.35 bits per heavy atom. The molecule has 1 atom stereocenters. The van der Waals surface area contributed by atoms with Gasteiger partial charge in [-0.2, -0.15) is 13.2 Å². The molecule has 1 aromatic carbocycles. The third kappa shape index (κ3) is 4.16. The molecule has 0 radical (unpaired) electrons. The monoisotopic (exact) mass is 269 g/mol. The van der Waals surface area contributed by atoms with Crippen molar-refractivity contribution in [2.45, 2.75) is 25.6 Å². The van der Waals surface area contributed by atoms with E-state index in [1.807, 2.05) is 0 Å². The van der Waals surface area contributed by atoms with Gasteiger partial charge in [0.2, 0.25) is 0 Å². The van der Waals surface area contributed by atoms with Gasteiger partial charge in [0.05, 0.1) is 0 Å². The topological polar surface area (TPSA) is 12.0 Å². The molecule has 0 aliphatic heterocycles. The number of halogens is 5. The minimum Gasteiger partial charge on any atom is -0.306 e. The lowest BCUT2D eigenvalue weighted by atomic mass is 10.1. The zero-order chi connectivity index (χ0) is 13.1. The highest BCUT2D eigenvalue weighted by molar-refractivity contribution is 6.31. The second-order valence-corrected chi connectivity index (χ2v) is 4.00. The third-order valence-electron chi connectivity index (χ3n) is 2.28. The molecule has 0 saturated heterocycles. The Kier molecular flexibility index (Phi) is 4.77. The highest BCUT2D eigenvalue weighted by atomic mass is 35.5. The van der Waals surface area contributed by atoms with Gasteiger partial charge in [0.25, 0.3) is 0 Å². The average molecular weight is 270 g/mol. The molecule has 0 aromatic heterocycles. The van der Waals surface area contributed by atoms with Crippen LogP contribution in [0.25, 0.3) is 0 Å². The second-order valence-electron chi connectivity index (χ2n) is 3.59. The smallest absolute Gasteiger partial charge is 0.306 e. The average Bonchev–Trinajstić information content (AvgIpc) is 2.19. The van der Waals surface area contributed by atoms with Gasteiger partial charge < -0.3 is 5.32 Å². The zero-order valence-electron chi connectivity index (χ0n) is 9.11. The molecule has 6 heteroatoms. The molecule has 0 fully saturated rings. The first-order valence-electron chi connectivity index (χ1n) is 5.08. The molecular formula is C11H12ClF4N. The molecule has 1 unspecified atom stereocenters. The maximum Gasteiger partial charge on any atom is 0.404 e. The highest BCUT2D eigenvalue weighted by Crippen LogP contribution is 2.26. The van der Waals surface area contributed by atoms with Crippen LogP contribution in [-0.4, -0.2) is 18.8 Å². The molecule has 0 aliphatic rings. The van der Waals surface area contributed by atoms with Gasteiger partial charge in [-0.1, -0.05) is 24.6 Å². The number of nitrogens with one attached hydrogen (secondary N) is 1. The fourth-order valence-corrected chi connectivity index (χ4v) is 1.70. The molecule has 0 amide bonds. The fourth-order valence-electron chi connectivity index (χ4n) is 1.46. The first-order chi connectivity index (χ1) is 7.84.